The lowest BCUT2D eigenvalue weighted by Gasteiger charge is -2.15. The topological polar surface area (TPSA) is 54.3 Å². The summed E-state index contributed by atoms with van der Waals surface area (Å²) in [6, 6.07) is 1.81. The van der Waals surface area contributed by atoms with Crippen LogP contribution in [0.4, 0.5) is 0 Å². The van der Waals surface area contributed by atoms with Gasteiger partial charge in [0.05, 0.1) is 0 Å². The second-order valence-corrected chi connectivity index (χ2v) is 7.90. The molecule has 1 N–H and O–H groups in total. The van der Waals surface area contributed by atoms with E-state index >= 15 is 0 Å². The van der Waals surface area contributed by atoms with Crippen LogP contribution in [0.25, 0.3) is 0 Å². The van der Waals surface area contributed by atoms with Gasteiger partial charge in [0.1, 0.15) is 4.90 Å². The van der Waals surface area contributed by atoms with E-state index in [9.17, 15) is 8.42 Å². The van der Waals surface area contributed by atoms with Gasteiger partial charge in [-0.3, -0.25) is 0 Å². The summed E-state index contributed by atoms with van der Waals surface area (Å²) in [5.41, 5.74) is 1.03. The van der Waals surface area contributed by atoms with E-state index in [4.69, 9.17) is 0 Å². The fourth-order valence-corrected chi connectivity index (χ4v) is 3.76. The third-order valence-corrected chi connectivity index (χ3v) is 5.74. The van der Waals surface area contributed by atoms with Crippen LogP contribution in [0.15, 0.2) is 17.2 Å². The zero-order chi connectivity index (χ0) is 15.5. The molecule has 0 aromatic carbocycles. The van der Waals surface area contributed by atoms with Crippen molar-refractivity contribution in [3.05, 3.63) is 18.0 Å². The maximum atomic E-state index is 12.6. The standard InChI is InChI=1S/C15H27N3O2S/c1-4-8-16-10-14-9-15(12-18(14)5-2)21(19,20)17(3)11-13-6-7-13/h9,12-13,16H,4-8,10-11H2,1-3H3. The Balaban J connectivity index is 2.14. The van der Waals surface area contributed by atoms with Crippen molar-refractivity contribution in [2.75, 3.05) is 20.1 Å². The van der Waals surface area contributed by atoms with Gasteiger partial charge in [0, 0.05) is 38.6 Å². The van der Waals surface area contributed by atoms with Crippen molar-refractivity contribution in [1.82, 2.24) is 14.2 Å². The summed E-state index contributed by atoms with van der Waals surface area (Å²) >= 11 is 0. The molecule has 5 nitrogen and oxygen atoms in total. The van der Waals surface area contributed by atoms with Crippen LogP contribution in [-0.4, -0.2) is 37.4 Å². The maximum absolute atomic E-state index is 12.6. The molecule has 1 heterocycles. The highest BCUT2D eigenvalue weighted by atomic mass is 32.2. The van der Waals surface area contributed by atoms with Gasteiger partial charge in [0.15, 0.2) is 0 Å². The highest BCUT2D eigenvalue weighted by Gasteiger charge is 2.30. The minimum atomic E-state index is -3.35. The van der Waals surface area contributed by atoms with Gasteiger partial charge in [-0.05, 0) is 44.7 Å². The number of hydrogen-bond donors (Lipinski definition) is 1. The molecule has 2 rings (SSSR count). The molecule has 0 amide bonds. The number of sulfonamides is 1. The van der Waals surface area contributed by atoms with Crippen LogP contribution in [0.2, 0.25) is 0 Å². The highest BCUT2D eigenvalue weighted by Crippen LogP contribution is 2.31. The molecule has 1 aliphatic carbocycles. The van der Waals surface area contributed by atoms with Crippen LogP contribution in [-0.2, 0) is 23.1 Å². The predicted octanol–water partition coefficient (Wildman–Crippen LogP) is 2.04. The molecular weight excluding hydrogens is 286 g/mol. The second-order valence-electron chi connectivity index (χ2n) is 5.86. The first-order valence-electron chi connectivity index (χ1n) is 7.85. The third-order valence-electron chi connectivity index (χ3n) is 3.95. The maximum Gasteiger partial charge on any atom is 0.244 e. The first kappa shape index (κ1) is 16.5. The molecule has 1 aliphatic rings. The lowest BCUT2D eigenvalue weighted by molar-refractivity contribution is 0.452. The predicted molar refractivity (Wildman–Crippen MR) is 84.6 cm³/mol. The number of aromatic nitrogens is 1. The monoisotopic (exact) mass is 313 g/mol. The van der Waals surface area contributed by atoms with Gasteiger partial charge in [-0.15, -0.1) is 0 Å². The molecule has 1 aromatic heterocycles. The molecule has 1 saturated carbocycles. The van der Waals surface area contributed by atoms with Crippen LogP contribution in [0.5, 0.6) is 0 Å². The summed E-state index contributed by atoms with van der Waals surface area (Å²) in [6.45, 7) is 7.23. The molecule has 120 valence electrons. The Hall–Kier alpha value is -0.850. The molecule has 1 aromatic rings. The highest BCUT2D eigenvalue weighted by molar-refractivity contribution is 7.89. The van der Waals surface area contributed by atoms with Gasteiger partial charge >= 0.3 is 0 Å². The summed E-state index contributed by atoms with van der Waals surface area (Å²) in [4.78, 5) is 0.417. The Morgan fingerprint density at radius 3 is 2.67 bits per heavy atom. The van der Waals surface area contributed by atoms with Crippen LogP contribution in [0, 0.1) is 5.92 Å². The summed E-state index contributed by atoms with van der Waals surface area (Å²) in [6.07, 6.45) is 5.15. The molecule has 1 fully saturated rings. The van der Waals surface area contributed by atoms with E-state index in [2.05, 4.69) is 12.2 Å². The summed E-state index contributed by atoms with van der Waals surface area (Å²) in [5.74, 6) is 0.559. The quantitative estimate of drug-likeness (QED) is 0.710. The Bertz CT molecular complexity index is 561. The van der Waals surface area contributed by atoms with Crippen molar-refractivity contribution in [2.24, 2.45) is 5.92 Å². The molecule has 0 unspecified atom stereocenters. The largest absolute Gasteiger partial charge is 0.349 e. The van der Waals surface area contributed by atoms with E-state index in [0.717, 1.165) is 38.0 Å². The van der Waals surface area contributed by atoms with Crippen LogP contribution in [0.1, 0.15) is 38.8 Å². The molecule has 0 aliphatic heterocycles. The summed E-state index contributed by atoms with van der Waals surface area (Å²) < 4.78 is 28.7. The van der Waals surface area contributed by atoms with Crippen molar-refractivity contribution in [3.63, 3.8) is 0 Å². The fourth-order valence-electron chi connectivity index (χ4n) is 2.44. The number of rotatable bonds is 9. The fraction of sp³-hybridized carbons (Fsp3) is 0.733. The van der Waals surface area contributed by atoms with Crippen LogP contribution < -0.4 is 5.32 Å². The first-order chi connectivity index (χ1) is 9.98. The van der Waals surface area contributed by atoms with Crippen LogP contribution in [0.3, 0.4) is 0 Å². The minimum Gasteiger partial charge on any atom is -0.349 e. The van der Waals surface area contributed by atoms with Gasteiger partial charge in [-0.1, -0.05) is 6.92 Å². The third kappa shape index (κ3) is 4.08. The molecule has 0 spiro atoms. The average molecular weight is 313 g/mol. The van der Waals surface area contributed by atoms with E-state index in [1.807, 2.05) is 17.6 Å². The second kappa shape index (κ2) is 6.94. The lowest BCUT2D eigenvalue weighted by atomic mass is 10.4. The van der Waals surface area contributed by atoms with Crippen molar-refractivity contribution >= 4 is 10.0 Å². The van der Waals surface area contributed by atoms with Crippen molar-refractivity contribution in [1.29, 1.82) is 0 Å². The van der Waals surface area contributed by atoms with E-state index in [0.29, 0.717) is 23.9 Å². The normalized spacial score (nSPS) is 15.8. The molecule has 0 bridgehead atoms. The molecule has 0 radical (unpaired) electrons. The van der Waals surface area contributed by atoms with Crippen molar-refractivity contribution in [2.45, 2.75) is 51.1 Å². The lowest BCUT2D eigenvalue weighted by Crippen LogP contribution is -2.28. The Morgan fingerprint density at radius 1 is 1.38 bits per heavy atom. The smallest absolute Gasteiger partial charge is 0.244 e. The average Bonchev–Trinajstić information content (AvgIpc) is 3.16. The van der Waals surface area contributed by atoms with E-state index in [-0.39, 0.29) is 0 Å². The molecule has 0 atom stereocenters. The van der Waals surface area contributed by atoms with Gasteiger partial charge < -0.3 is 9.88 Å². The van der Waals surface area contributed by atoms with Gasteiger partial charge in [0.2, 0.25) is 10.0 Å². The zero-order valence-electron chi connectivity index (χ0n) is 13.3. The Morgan fingerprint density at radius 2 is 2.10 bits per heavy atom. The van der Waals surface area contributed by atoms with E-state index in [1.54, 1.807) is 13.2 Å². The van der Waals surface area contributed by atoms with Gasteiger partial charge in [-0.2, -0.15) is 0 Å². The SMILES string of the molecule is CCCNCc1cc(S(=O)(=O)N(C)CC2CC2)cn1CC. The number of nitrogens with zero attached hydrogens (tertiary/aromatic N) is 2. The van der Waals surface area contributed by atoms with E-state index < -0.39 is 10.0 Å². The molecule has 6 heteroatoms. The summed E-state index contributed by atoms with van der Waals surface area (Å²) in [5, 5.41) is 3.33. The van der Waals surface area contributed by atoms with Crippen molar-refractivity contribution in [3.8, 4) is 0 Å². The number of hydrogen-bond acceptors (Lipinski definition) is 3. The molecular formula is C15H27N3O2S. The number of nitrogens with one attached hydrogen (secondary N) is 1. The minimum absolute atomic E-state index is 0.417. The molecule has 21 heavy (non-hydrogen) atoms. The van der Waals surface area contributed by atoms with Crippen molar-refractivity contribution < 1.29 is 8.42 Å². The van der Waals surface area contributed by atoms with Crippen LogP contribution >= 0.6 is 0 Å². The van der Waals surface area contributed by atoms with Gasteiger partial charge in [0.25, 0.3) is 0 Å². The summed E-state index contributed by atoms with van der Waals surface area (Å²) in [7, 11) is -1.67. The van der Waals surface area contributed by atoms with Gasteiger partial charge in [-0.25, -0.2) is 12.7 Å². The van der Waals surface area contributed by atoms with E-state index in [1.165, 1.54) is 4.31 Å². The first-order valence-corrected chi connectivity index (χ1v) is 9.29. The molecule has 0 saturated heterocycles. The Labute approximate surface area is 128 Å². The zero-order valence-corrected chi connectivity index (χ0v) is 14.1. The number of aryl methyl sites for hydroxylation is 1. The Kier molecular flexibility index (Phi) is 5.46.